The van der Waals surface area contributed by atoms with E-state index in [9.17, 15) is 4.79 Å². The molecule has 5 heteroatoms. The zero-order valence-electron chi connectivity index (χ0n) is 10.0. The van der Waals surface area contributed by atoms with E-state index in [2.05, 4.69) is 10.1 Å². The Hall–Kier alpha value is -2.43. The highest BCUT2D eigenvalue weighted by molar-refractivity contribution is 6.28. The van der Waals surface area contributed by atoms with Gasteiger partial charge >= 0.3 is 0 Å². The zero-order valence-corrected chi connectivity index (χ0v) is 10.0. The van der Waals surface area contributed by atoms with Crippen LogP contribution < -0.4 is 0 Å². The van der Waals surface area contributed by atoms with Crippen molar-refractivity contribution >= 4 is 11.5 Å². The molecular weight excluding hydrogens is 230 g/mol. The summed E-state index contributed by atoms with van der Waals surface area (Å²) in [7, 11) is 3.27. The summed E-state index contributed by atoms with van der Waals surface area (Å²) in [6, 6.07) is 7.34. The van der Waals surface area contributed by atoms with Crippen LogP contribution in [-0.4, -0.2) is 28.2 Å². The third-order valence-corrected chi connectivity index (χ3v) is 2.99. The fourth-order valence-electron chi connectivity index (χ4n) is 2.20. The highest BCUT2D eigenvalue weighted by atomic mass is 16.6. The van der Waals surface area contributed by atoms with Gasteiger partial charge in [-0.05, 0) is 0 Å². The van der Waals surface area contributed by atoms with Gasteiger partial charge in [0.2, 0.25) is 5.78 Å². The van der Waals surface area contributed by atoms with Crippen LogP contribution >= 0.6 is 0 Å². The van der Waals surface area contributed by atoms with Crippen molar-refractivity contribution in [3.8, 4) is 0 Å². The lowest BCUT2D eigenvalue weighted by molar-refractivity contribution is 0.103. The topological polar surface area (TPSA) is 56.5 Å². The number of nitrogens with zero attached hydrogens (tertiary/aromatic N) is 3. The van der Waals surface area contributed by atoms with Crippen molar-refractivity contribution in [2.24, 2.45) is 12.2 Å². The maximum absolute atomic E-state index is 12.4. The summed E-state index contributed by atoms with van der Waals surface area (Å²) >= 11 is 0. The molecule has 0 saturated carbocycles. The molecule has 1 heterocycles. The number of aromatic nitrogens is 2. The van der Waals surface area contributed by atoms with Gasteiger partial charge in [0.05, 0.1) is 6.33 Å². The van der Waals surface area contributed by atoms with Gasteiger partial charge in [-0.1, -0.05) is 29.4 Å². The molecule has 0 spiro atoms. The number of aryl methyl sites for hydroxylation is 1. The van der Waals surface area contributed by atoms with E-state index in [0.29, 0.717) is 22.7 Å². The number of imidazole rings is 1. The van der Waals surface area contributed by atoms with Gasteiger partial charge in [0, 0.05) is 18.2 Å². The smallest absolute Gasteiger partial charge is 0.212 e. The molecule has 1 aromatic heterocycles. The summed E-state index contributed by atoms with van der Waals surface area (Å²) in [5.74, 6) is -0.0318. The first kappa shape index (κ1) is 10.7. The predicted octanol–water partition coefficient (Wildman–Crippen LogP) is 1.36. The van der Waals surface area contributed by atoms with Gasteiger partial charge < -0.3 is 9.40 Å². The maximum atomic E-state index is 12.4. The number of fused-ring (bicyclic) bond motifs is 2. The second kappa shape index (κ2) is 3.80. The Morgan fingerprint density at radius 1 is 1.28 bits per heavy atom. The van der Waals surface area contributed by atoms with Crippen LogP contribution in [-0.2, 0) is 11.9 Å². The summed E-state index contributed by atoms with van der Waals surface area (Å²) in [6.07, 6.45) is 1.61. The summed E-state index contributed by atoms with van der Waals surface area (Å²) in [5.41, 5.74) is 3.11. The number of carbonyl (C=O) groups excluding carboxylic acids is 1. The van der Waals surface area contributed by atoms with Gasteiger partial charge in [-0.25, -0.2) is 4.98 Å². The van der Waals surface area contributed by atoms with Crippen molar-refractivity contribution in [2.75, 3.05) is 7.11 Å². The Balaban J connectivity index is 2.35. The van der Waals surface area contributed by atoms with Crippen LogP contribution in [0.5, 0.6) is 0 Å². The highest BCUT2D eigenvalue weighted by Crippen LogP contribution is 2.26. The first-order valence-electron chi connectivity index (χ1n) is 5.51. The molecule has 0 saturated heterocycles. The molecule has 1 aliphatic rings. The fraction of sp³-hybridized carbons (Fsp3) is 0.154. The highest BCUT2D eigenvalue weighted by Gasteiger charge is 2.32. The lowest BCUT2D eigenvalue weighted by Crippen LogP contribution is -2.23. The quantitative estimate of drug-likeness (QED) is 0.604. The third-order valence-electron chi connectivity index (χ3n) is 2.99. The lowest BCUT2D eigenvalue weighted by Gasteiger charge is -2.16. The zero-order chi connectivity index (χ0) is 12.7. The van der Waals surface area contributed by atoms with Crippen LogP contribution in [0.1, 0.15) is 27.3 Å². The average Bonchev–Trinajstić information content (AvgIpc) is 2.77. The van der Waals surface area contributed by atoms with E-state index >= 15 is 0 Å². The number of benzene rings is 1. The molecule has 0 bridgehead atoms. The molecule has 0 amide bonds. The predicted molar refractivity (Wildman–Crippen MR) is 65.7 cm³/mol. The Morgan fingerprint density at radius 2 is 2.00 bits per heavy atom. The van der Waals surface area contributed by atoms with E-state index in [1.807, 2.05) is 18.2 Å². The fourth-order valence-corrected chi connectivity index (χ4v) is 2.20. The van der Waals surface area contributed by atoms with Crippen LogP contribution in [0.2, 0.25) is 0 Å². The molecule has 0 radical (unpaired) electrons. The normalized spacial score (nSPS) is 15.4. The van der Waals surface area contributed by atoms with Crippen LogP contribution in [0.3, 0.4) is 0 Å². The molecule has 3 rings (SSSR count). The van der Waals surface area contributed by atoms with Gasteiger partial charge in [0.15, 0.2) is 0 Å². The number of oxime groups is 1. The summed E-state index contributed by atoms with van der Waals surface area (Å²) in [6.45, 7) is 0. The second-order valence-electron chi connectivity index (χ2n) is 4.05. The number of hydrogen-bond donors (Lipinski definition) is 0. The summed E-state index contributed by atoms with van der Waals surface area (Å²) in [5, 5.41) is 4.00. The van der Waals surface area contributed by atoms with Crippen molar-refractivity contribution in [2.45, 2.75) is 0 Å². The first-order chi connectivity index (χ1) is 8.74. The van der Waals surface area contributed by atoms with Gasteiger partial charge in [-0.2, -0.15) is 0 Å². The lowest BCUT2D eigenvalue weighted by atomic mass is 9.89. The molecule has 0 atom stereocenters. The molecule has 1 aliphatic carbocycles. The molecule has 0 unspecified atom stereocenters. The van der Waals surface area contributed by atoms with Gasteiger partial charge in [0.1, 0.15) is 24.2 Å². The van der Waals surface area contributed by atoms with E-state index in [0.717, 1.165) is 5.56 Å². The van der Waals surface area contributed by atoms with Crippen LogP contribution in [0, 0.1) is 0 Å². The van der Waals surface area contributed by atoms with E-state index in [-0.39, 0.29) is 5.78 Å². The minimum absolute atomic E-state index is 0.0318. The average molecular weight is 241 g/mol. The largest absolute Gasteiger partial charge is 0.399 e. The molecule has 2 aromatic rings. The van der Waals surface area contributed by atoms with Crippen molar-refractivity contribution < 1.29 is 9.63 Å². The maximum Gasteiger partial charge on any atom is 0.212 e. The first-order valence-corrected chi connectivity index (χ1v) is 5.51. The second-order valence-corrected chi connectivity index (χ2v) is 4.05. The van der Waals surface area contributed by atoms with Crippen LogP contribution in [0.4, 0.5) is 0 Å². The van der Waals surface area contributed by atoms with Crippen molar-refractivity contribution in [3.63, 3.8) is 0 Å². The molecule has 0 aliphatic heterocycles. The number of carbonyl (C=O) groups is 1. The van der Waals surface area contributed by atoms with Gasteiger partial charge in [-0.15, -0.1) is 0 Å². The third kappa shape index (κ3) is 1.30. The van der Waals surface area contributed by atoms with Crippen molar-refractivity contribution in [1.29, 1.82) is 0 Å². The SMILES string of the molecule is CO/N=C1\c2ccccc2C(=O)c2c1ncn2C. The van der Waals surface area contributed by atoms with E-state index in [1.54, 1.807) is 24.0 Å². The minimum atomic E-state index is -0.0318. The van der Waals surface area contributed by atoms with Gasteiger partial charge in [-0.3, -0.25) is 4.79 Å². The summed E-state index contributed by atoms with van der Waals surface area (Å²) in [4.78, 5) is 21.5. The molecule has 90 valence electrons. The summed E-state index contributed by atoms with van der Waals surface area (Å²) < 4.78 is 1.71. The molecule has 5 nitrogen and oxygen atoms in total. The van der Waals surface area contributed by atoms with Crippen LogP contribution in [0.25, 0.3) is 0 Å². The molecule has 0 N–H and O–H groups in total. The molecule has 0 fully saturated rings. The van der Waals surface area contributed by atoms with Gasteiger partial charge in [0.25, 0.3) is 0 Å². The Kier molecular flexibility index (Phi) is 2.26. The van der Waals surface area contributed by atoms with Crippen molar-refractivity contribution in [1.82, 2.24) is 9.55 Å². The van der Waals surface area contributed by atoms with Crippen LogP contribution in [0.15, 0.2) is 35.7 Å². The number of hydrogen-bond acceptors (Lipinski definition) is 4. The van der Waals surface area contributed by atoms with E-state index in [1.165, 1.54) is 7.11 Å². The van der Waals surface area contributed by atoms with Crippen molar-refractivity contribution in [3.05, 3.63) is 53.1 Å². The Bertz CT molecular complexity index is 671. The molecule has 1 aromatic carbocycles. The minimum Gasteiger partial charge on any atom is -0.399 e. The molecular formula is C13H11N3O2. The monoisotopic (exact) mass is 241 g/mol. The van der Waals surface area contributed by atoms with E-state index < -0.39 is 0 Å². The van der Waals surface area contributed by atoms with E-state index in [4.69, 9.17) is 4.84 Å². The number of rotatable bonds is 1. The standard InChI is InChI=1S/C13H11N3O2/c1-16-7-14-11-10(15-18-2)8-5-3-4-6-9(8)13(17)12(11)16/h3-7H,1-2H3/b15-10+. The Labute approximate surface area is 104 Å². The Morgan fingerprint density at radius 3 is 2.72 bits per heavy atom. The number of ketones is 1. The molecule has 18 heavy (non-hydrogen) atoms.